The molecule has 3 rings (SSSR count). The number of anilines is 1. The van der Waals surface area contributed by atoms with Crippen LogP contribution in [0, 0.1) is 12.8 Å². The van der Waals surface area contributed by atoms with Gasteiger partial charge in [-0.15, -0.1) is 0 Å². The summed E-state index contributed by atoms with van der Waals surface area (Å²) >= 11 is 12.3. The van der Waals surface area contributed by atoms with Gasteiger partial charge in [-0.05, 0) is 67.3 Å². The van der Waals surface area contributed by atoms with Crippen LogP contribution < -0.4 is 9.62 Å². The van der Waals surface area contributed by atoms with E-state index in [4.69, 9.17) is 23.2 Å². The van der Waals surface area contributed by atoms with Crippen LogP contribution in [0.2, 0.25) is 10.0 Å². The number of halogens is 2. The molecule has 0 heterocycles. The zero-order valence-electron chi connectivity index (χ0n) is 22.4. The quantitative estimate of drug-likeness (QED) is 0.311. The van der Waals surface area contributed by atoms with Crippen molar-refractivity contribution in [3.05, 3.63) is 94.0 Å². The molecule has 208 valence electrons. The van der Waals surface area contributed by atoms with E-state index in [1.807, 2.05) is 26.8 Å². The van der Waals surface area contributed by atoms with Crippen molar-refractivity contribution in [2.45, 2.75) is 45.2 Å². The molecule has 0 radical (unpaired) electrons. The second-order valence-electron chi connectivity index (χ2n) is 9.75. The van der Waals surface area contributed by atoms with E-state index in [2.05, 4.69) is 5.32 Å². The molecule has 1 N–H and O–H groups in total. The molecule has 10 heteroatoms. The van der Waals surface area contributed by atoms with Gasteiger partial charge < -0.3 is 10.2 Å². The monoisotopic (exact) mass is 589 g/mol. The molecule has 2 amide bonds. The zero-order chi connectivity index (χ0) is 28.7. The molecule has 0 aliphatic heterocycles. The Morgan fingerprint density at radius 3 is 2.21 bits per heavy atom. The van der Waals surface area contributed by atoms with Gasteiger partial charge in [0.1, 0.15) is 12.6 Å². The lowest BCUT2D eigenvalue weighted by Crippen LogP contribution is -2.51. The van der Waals surface area contributed by atoms with Crippen LogP contribution in [0.15, 0.2) is 77.7 Å². The highest BCUT2D eigenvalue weighted by Crippen LogP contribution is 2.26. The van der Waals surface area contributed by atoms with Gasteiger partial charge in [0.25, 0.3) is 10.0 Å². The summed E-state index contributed by atoms with van der Waals surface area (Å²) in [6.45, 7) is 7.36. The van der Waals surface area contributed by atoms with Crippen molar-refractivity contribution < 1.29 is 18.0 Å². The van der Waals surface area contributed by atoms with Gasteiger partial charge in [-0.2, -0.15) is 0 Å². The Balaban J connectivity index is 2.01. The first kappa shape index (κ1) is 30.5. The maximum Gasteiger partial charge on any atom is 0.264 e. The fraction of sp³-hybridized carbons (Fsp3) is 0.310. The summed E-state index contributed by atoms with van der Waals surface area (Å²) in [4.78, 5) is 28.4. The van der Waals surface area contributed by atoms with Gasteiger partial charge in [-0.3, -0.25) is 13.9 Å². The van der Waals surface area contributed by atoms with Crippen molar-refractivity contribution in [3.63, 3.8) is 0 Å². The zero-order valence-corrected chi connectivity index (χ0v) is 24.7. The third-order valence-electron chi connectivity index (χ3n) is 6.09. The number of nitrogens with zero attached hydrogens (tertiary/aromatic N) is 2. The van der Waals surface area contributed by atoms with Crippen molar-refractivity contribution in [2.75, 3.05) is 17.4 Å². The van der Waals surface area contributed by atoms with Gasteiger partial charge in [-0.25, -0.2) is 8.42 Å². The second-order valence-corrected chi connectivity index (χ2v) is 12.4. The van der Waals surface area contributed by atoms with E-state index in [-0.39, 0.29) is 23.3 Å². The van der Waals surface area contributed by atoms with Gasteiger partial charge in [-0.1, -0.05) is 73.4 Å². The maximum absolute atomic E-state index is 13.9. The fourth-order valence-electron chi connectivity index (χ4n) is 3.90. The minimum absolute atomic E-state index is 0.0268. The van der Waals surface area contributed by atoms with Crippen LogP contribution >= 0.6 is 23.2 Å². The summed E-state index contributed by atoms with van der Waals surface area (Å²) in [6.07, 6.45) is 0. The third-order valence-corrected chi connectivity index (χ3v) is 8.62. The van der Waals surface area contributed by atoms with E-state index >= 15 is 0 Å². The predicted octanol–water partition coefficient (Wildman–Crippen LogP) is 5.69. The molecule has 3 aromatic carbocycles. The number of carbonyl (C=O) groups excluding carboxylic acids is 2. The van der Waals surface area contributed by atoms with Crippen molar-refractivity contribution in [2.24, 2.45) is 5.92 Å². The van der Waals surface area contributed by atoms with Crippen LogP contribution in [-0.2, 0) is 26.2 Å². The van der Waals surface area contributed by atoms with E-state index in [0.29, 0.717) is 27.8 Å². The molecule has 1 atom stereocenters. The Morgan fingerprint density at radius 1 is 0.897 bits per heavy atom. The fourth-order valence-corrected chi connectivity index (χ4v) is 5.65. The van der Waals surface area contributed by atoms with Crippen LogP contribution in [0.3, 0.4) is 0 Å². The molecule has 7 nitrogen and oxygen atoms in total. The van der Waals surface area contributed by atoms with Crippen molar-refractivity contribution in [1.29, 1.82) is 0 Å². The molecule has 0 fully saturated rings. The van der Waals surface area contributed by atoms with E-state index in [1.54, 1.807) is 61.5 Å². The molecular weight excluding hydrogens is 557 g/mol. The normalized spacial score (nSPS) is 12.2. The van der Waals surface area contributed by atoms with Crippen molar-refractivity contribution in [1.82, 2.24) is 10.2 Å². The van der Waals surface area contributed by atoms with Crippen LogP contribution in [0.5, 0.6) is 0 Å². The average molecular weight is 591 g/mol. The lowest BCUT2D eigenvalue weighted by molar-refractivity contribution is -0.139. The van der Waals surface area contributed by atoms with Crippen LogP contribution in [0.4, 0.5) is 5.69 Å². The summed E-state index contributed by atoms with van der Waals surface area (Å²) < 4.78 is 28.6. The predicted molar refractivity (Wildman–Crippen MR) is 156 cm³/mol. The third kappa shape index (κ3) is 7.97. The second kappa shape index (κ2) is 13.3. The lowest BCUT2D eigenvalue weighted by Gasteiger charge is -2.32. The number of amides is 2. The number of hydrogen-bond acceptors (Lipinski definition) is 4. The van der Waals surface area contributed by atoms with Crippen LogP contribution in [0.1, 0.15) is 31.9 Å². The molecule has 0 aromatic heterocycles. The first-order chi connectivity index (χ1) is 18.4. The summed E-state index contributed by atoms with van der Waals surface area (Å²) in [7, 11) is -4.11. The number of carbonyl (C=O) groups is 2. The molecule has 0 saturated carbocycles. The highest BCUT2D eigenvalue weighted by atomic mass is 35.5. The van der Waals surface area contributed by atoms with Gasteiger partial charge in [0.05, 0.1) is 20.6 Å². The first-order valence-corrected chi connectivity index (χ1v) is 14.7. The van der Waals surface area contributed by atoms with Gasteiger partial charge in [0.2, 0.25) is 11.8 Å². The number of rotatable bonds is 11. The van der Waals surface area contributed by atoms with Crippen molar-refractivity contribution >= 4 is 50.7 Å². The van der Waals surface area contributed by atoms with E-state index in [0.717, 1.165) is 9.87 Å². The molecule has 0 saturated heterocycles. The molecule has 0 bridgehead atoms. The first-order valence-electron chi connectivity index (χ1n) is 12.6. The van der Waals surface area contributed by atoms with Crippen LogP contribution in [-0.4, -0.2) is 44.3 Å². The minimum atomic E-state index is -4.11. The molecule has 39 heavy (non-hydrogen) atoms. The number of hydrogen-bond donors (Lipinski definition) is 1. The Labute approximate surface area is 240 Å². The van der Waals surface area contributed by atoms with Crippen molar-refractivity contribution in [3.8, 4) is 0 Å². The molecular formula is C29H33Cl2N3O4S. The Hall–Kier alpha value is -3.07. The molecule has 0 aliphatic carbocycles. The summed E-state index contributed by atoms with van der Waals surface area (Å²) in [6, 6.07) is 18.9. The topological polar surface area (TPSA) is 86.8 Å². The summed E-state index contributed by atoms with van der Waals surface area (Å²) in [5.41, 5.74) is 1.83. The number of benzene rings is 3. The Kier molecular flexibility index (Phi) is 10.4. The number of sulfonamides is 1. The minimum Gasteiger partial charge on any atom is -0.354 e. The SMILES string of the molecule is Cc1cccc(N(CC(=O)N(Cc2ccc(Cl)c(Cl)c2)[C@@H](C)C(=O)NCC(C)C)S(=O)(=O)c2ccccc2)c1. The largest absolute Gasteiger partial charge is 0.354 e. The number of nitrogens with one attached hydrogen (secondary N) is 1. The van der Waals surface area contributed by atoms with E-state index in [9.17, 15) is 18.0 Å². The standard InChI is InChI=1S/C29H33Cl2N3O4S/c1-20(2)17-32-29(36)22(4)33(18-23-13-14-26(30)27(31)16-23)28(35)19-34(24-10-8-9-21(3)15-24)39(37,38)25-11-6-5-7-12-25/h5-16,20,22H,17-19H2,1-4H3,(H,32,36)/t22-/m0/s1. The van der Waals surface area contributed by atoms with Gasteiger partial charge in [0.15, 0.2) is 0 Å². The van der Waals surface area contributed by atoms with E-state index in [1.165, 1.54) is 17.0 Å². The average Bonchev–Trinajstić information content (AvgIpc) is 2.90. The number of aryl methyl sites for hydroxylation is 1. The lowest BCUT2D eigenvalue weighted by atomic mass is 10.1. The smallest absolute Gasteiger partial charge is 0.264 e. The van der Waals surface area contributed by atoms with Gasteiger partial charge >= 0.3 is 0 Å². The molecule has 0 aliphatic rings. The highest BCUT2D eigenvalue weighted by molar-refractivity contribution is 7.92. The highest BCUT2D eigenvalue weighted by Gasteiger charge is 2.32. The molecule has 0 spiro atoms. The van der Waals surface area contributed by atoms with E-state index < -0.39 is 28.5 Å². The molecule has 3 aromatic rings. The summed E-state index contributed by atoms with van der Waals surface area (Å²) in [5, 5.41) is 3.53. The maximum atomic E-state index is 13.9. The Morgan fingerprint density at radius 2 is 1.59 bits per heavy atom. The Bertz CT molecular complexity index is 1420. The van der Waals surface area contributed by atoms with Crippen LogP contribution in [0.25, 0.3) is 0 Å². The molecule has 0 unspecified atom stereocenters. The van der Waals surface area contributed by atoms with Gasteiger partial charge in [0, 0.05) is 13.1 Å². The summed E-state index contributed by atoms with van der Waals surface area (Å²) in [5.74, 6) is -0.674.